The maximum absolute atomic E-state index is 12.3. The molecule has 1 aliphatic rings. The summed E-state index contributed by atoms with van der Waals surface area (Å²) in [7, 11) is 0. The van der Waals surface area contributed by atoms with Gasteiger partial charge in [-0.1, -0.05) is 38.3 Å². The van der Waals surface area contributed by atoms with Crippen LogP contribution in [0.2, 0.25) is 0 Å². The Morgan fingerprint density at radius 3 is 2.53 bits per heavy atom. The van der Waals surface area contributed by atoms with E-state index in [4.69, 9.17) is 0 Å². The van der Waals surface area contributed by atoms with Gasteiger partial charge in [0, 0.05) is 10.3 Å². The number of hydrogen-bond acceptors (Lipinski definition) is 2. The maximum Gasteiger partial charge on any atom is 0.230 e. The summed E-state index contributed by atoms with van der Waals surface area (Å²) in [6.45, 7) is 2.07. The average Bonchev–Trinajstić information content (AvgIpc) is 2.33. The second kappa shape index (κ2) is 5.13. The van der Waals surface area contributed by atoms with Gasteiger partial charge in [0.05, 0.1) is 5.69 Å². The molecule has 0 bridgehead atoms. The molecular formula is C14H19NOS. The average molecular weight is 249 g/mol. The summed E-state index contributed by atoms with van der Waals surface area (Å²) in [6.07, 6.45) is 5.56. The molecule has 1 fully saturated rings. The molecule has 1 N–H and O–H groups in total. The summed E-state index contributed by atoms with van der Waals surface area (Å²) < 4.78 is 0. The standard InChI is InChI=1S/C14H19NOS/c1-14(9-5-2-6-10-14)13(16)15-11-7-3-4-8-12(11)17/h3-4,7-8,17H,2,5-6,9-10H2,1H3,(H,15,16). The number of amides is 1. The highest BCUT2D eigenvalue weighted by atomic mass is 32.1. The van der Waals surface area contributed by atoms with Crippen molar-refractivity contribution in [3.8, 4) is 0 Å². The zero-order valence-corrected chi connectivity index (χ0v) is 11.1. The molecular weight excluding hydrogens is 230 g/mol. The number of thiol groups is 1. The minimum Gasteiger partial charge on any atom is -0.325 e. The van der Waals surface area contributed by atoms with Gasteiger partial charge < -0.3 is 5.32 Å². The summed E-state index contributed by atoms with van der Waals surface area (Å²) in [5.74, 6) is 0.138. The molecule has 0 heterocycles. The highest BCUT2D eigenvalue weighted by Gasteiger charge is 2.34. The number of anilines is 1. The Balaban J connectivity index is 2.08. The van der Waals surface area contributed by atoms with Crippen LogP contribution in [0, 0.1) is 5.41 Å². The Bertz CT molecular complexity index is 410. The van der Waals surface area contributed by atoms with Gasteiger partial charge in [0.1, 0.15) is 0 Å². The van der Waals surface area contributed by atoms with Crippen LogP contribution in [0.25, 0.3) is 0 Å². The van der Waals surface area contributed by atoms with E-state index in [1.807, 2.05) is 24.3 Å². The Morgan fingerprint density at radius 1 is 1.24 bits per heavy atom. The first-order valence-electron chi connectivity index (χ1n) is 6.21. The van der Waals surface area contributed by atoms with Gasteiger partial charge in [0.15, 0.2) is 0 Å². The molecule has 1 aliphatic carbocycles. The minimum absolute atomic E-state index is 0.138. The third kappa shape index (κ3) is 2.83. The molecule has 0 atom stereocenters. The predicted molar refractivity (Wildman–Crippen MR) is 73.5 cm³/mol. The molecule has 1 aromatic carbocycles. The van der Waals surface area contributed by atoms with Crippen molar-refractivity contribution < 1.29 is 4.79 Å². The van der Waals surface area contributed by atoms with Crippen LogP contribution in [-0.2, 0) is 4.79 Å². The summed E-state index contributed by atoms with van der Waals surface area (Å²) in [5.41, 5.74) is 0.613. The lowest BCUT2D eigenvalue weighted by Gasteiger charge is -2.32. The summed E-state index contributed by atoms with van der Waals surface area (Å²) >= 11 is 4.35. The van der Waals surface area contributed by atoms with Crippen molar-refractivity contribution in [3.05, 3.63) is 24.3 Å². The van der Waals surface area contributed by atoms with Crippen molar-refractivity contribution in [2.75, 3.05) is 5.32 Å². The smallest absolute Gasteiger partial charge is 0.230 e. The Hall–Kier alpha value is -0.960. The Kier molecular flexibility index (Phi) is 3.77. The van der Waals surface area contributed by atoms with Gasteiger partial charge in [0.25, 0.3) is 0 Å². The first-order chi connectivity index (χ1) is 8.12. The second-order valence-corrected chi connectivity index (χ2v) is 5.57. The van der Waals surface area contributed by atoms with E-state index in [1.165, 1.54) is 6.42 Å². The molecule has 2 rings (SSSR count). The summed E-state index contributed by atoms with van der Waals surface area (Å²) in [4.78, 5) is 13.1. The largest absolute Gasteiger partial charge is 0.325 e. The normalized spacial score (nSPS) is 18.7. The van der Waals surface area contributed by atoms with E-state index in [1.54, 1.807) is 0 Å². The molecule has 0 unspecified atom stereocenters. The SMILES string of the molecule is CC1(C(=O)Nc2ccccc2S)CCCCC1. The van der Waals surface area contributed by atoms with E-state index >= 15 is 0 Å². The van der Waals surface area contributed by atoms with Gasteiger partial charge in [-0.05, 0) is 25.0 Å². The van der Waals surface area contributed by atoms with Gasteiger partial charge >= 0.3 is 0 Å². The van der Waals surface area contributed by atoms with Crippen LogP contribution in [-0.4, -0.2) is 5.91 Å². The predicted octanol–water partition coefficient (Wildman–Crippen LogP) is 3.88. The number of nitrogens with one attached hydrogen (secondary N) is 1. The lowest BCUT2D eigenvalue weighted by Crippen LogP contribution is -2.35. The van der Waals surface area contributed by atoms with E-state index < -0.39 is 0 Å². The number of benzene rings is 1. The van der Waals surface area contributed by atoms with Crippen LogP contribution in [0.3, 0.4) is 0 Å². The fraction of sp³-hybridized carbons (Fsp3) is 0.500. The van der Waals surface area contributed by atoms with Crippen molar-refractivity contribution in [1.29, 1.82) is 0 Å². The van der Waals surface area contributed by atoms with Gasteiger partial charge in [-0.15, -0.1) is 12.6 Å². The molecule has 0 spiro atoms. The van der Waals surface area contributed by atoms with Crippen molar-refractivity contribution in [2.45, 2.75) is 43.9 Å². The zero-order chi connectivity index (χ0) is 12.3. The van der Waals surface area contributed by atoms with E-state index in [9.17, 15) is 4.79 Å². The fourth-order valence-electron chi connectivity index (χ4n) is 2.41. The van der Waals surface area contributed by atoms with E-state index in [0.29, 0.717) is 0 Å². The topological polar surface area (TPSA) is 29.1 Å². The molecule has 1 aromatic rings. The lowest BCUT2D eigenvalue weighted by atomic mass is 9.75. The van der Waals surface area contributed by atoms with Gasteiger partial charge in [0.2, 0.25) is 5.91 Å². The van der Waals surface area contributed by atoms with Crippen LogP contribution < -0.4 is 5.32 Å². The van der Waals surface area contributed by atoms with Crippen LogP contribution in [0.15, 0.2) is 29.2 Å². The van der Waals surface area contributed by atoms with E-state index in [2.05, 4.69) is 24.9 Å². The van der Waals surface area contributed by atoms with Gasteiger partial charge in [-0.25, -0.2) is 0 Å². The molecule has 0 aliphatic heterocycles. The first-order valence-corrected chi connectivity index (χ1v) is 6.66. The minimum atomic E-state index is -0.200. The van der Waals surface area contributed by atoms with Crippen LogP contribution in [0.4, 0.5) is 5.69 Å². The number of hydrogen-bond donors (Lipinski definition) is 2. The van der Waals surface area contributed by atoms with Gasteiger partial charge in [-0.3, -0.25) is 4.79 Å². The summed E-state index contributed by atoms with van der Waals surface area (Å²) in [5, 5.41) is 3.01. The summed E-state index contributed by atoms with van der Waals surface area (Å²) in [6, 6.07) is 7.62. The van der Waals surface area contributed by atoms with Gasteiger partial charge in [-0.2, -0.15) is 0 Å². The fourth-order valence-corrected chi connectivity index (χ4v) is 2.63. The molecule has 92 valence electrons. The molecule has 3 heteroatoms. The van der Waals surface area contributed by atoms with Crippen LogP contribution >= 0.6 is 12.6 Å². The molecule has 1 saturated carbocycles. The molecule has 2 nitrogen and oxygen atoms in total. The quantitative estimate of drug-likeness (QED) is 0.765. The number of para-hydroxylation sites is 1. The third-order valence-corrected chi connectivity index (χ3v) is 4.05. The maximum atomic E-state index is 12.3. The number of carbonyl (C=O) groups excluding carboxylic acids is 1. The van der Waals surface area contributed by atoms with E-state index in [-0.39, 0.29) is 11.3 Å². The number of rotatable bonds is 2. The zero-order valence-electron chi connectivity index (χ0n) is 10.2. The molecule has 1 amide bonds. The van der Waals surface area contributed by atoms with Crippen molar-refractivity contribution in [1.82, 2.24) is 0 Å². The highest BCUT2D eigenvalue weighted by Crippen LogP contribution is 2.37. The third-order valence-electron chi connectivity index (χ3n) is 3.66. The number of carbonyl (C=O) groups is 1. The first kappa shape index (κ1) is 12.5. The lowest BCUT2D eigenvalue weighted by molar-refractivity contribution is -0.126. The molecule has 0 aromatic heterocycles. The molecule has 0 radical (unpaired) electrons. The molecule has 0 saturated heterocycles. The van der Waals surface area contributed by atoms with Crippen molar-refractivity contribution >= 4 is 24.2 Å². The Labute approximate surface area is 108 Å². The van der Waals surface area contributed by atoms with Crippen LogP contribution in [0.5, 0.6) is 0 Å². The second-order valence-electron chi connectivity index (χ2n) is 5.09. The monoisotopic (exact) mass is 249 g/mol. The van der Waals surface area contributed by atoms with E-state index in [0.717, 1.165) is 36.3 Å². The van der Waals surface area contributed by atoms with Crippen molar-refractivity contribution in [3.63, 3.8) is 0 Å². The molecule has 17 heavy (non-hydrogen) atoms. The Morgan fingerprint density at radius 2 is 1.88 bits per heavy atom. The highest BCUT2D eigenvalue weighted by molar-refractivity contribution is 7.80. The van der Waals surface area contributed by atoms with Crippen molar-refractivity contribution in [2.24, 2.45) is 5.41 Å². The van der Waals surface area contributed by atoms with Crippen LogP contribution in [0.1, 0.15) is 39.0 Å².